The van der Waals surface area contributed by atoms with Crippen LogP contribution in [0.4, 0.5) is 0 Å². The fourth-order valence-electron chi connectivity index (χ4n) is 3.18. The van der Waals surface area contributed by atoms with E-state index in [2.05, 4.69) is 15.3 Å². The van der Waals surface area contributed by atoms with Crippen LogP contribution < -0.4 is 14.8 Å². The Bertz CT molecular complexity index is 1070. The third-order valence-corrected chi connectivity index (χ3v) is 4.87. The molecule has 0 aliphatic carbocycles. The van der Waals surface area contributed by atoms with Gasteiger partial charge >= 0.3 is 5.97 Å². The molecular weight excluding hydrogens is 398 g/mol. The molecule has 3 rings (SSSR count). The van der Waals surface area contributed by atoms with E-state index in [0.29, 0.717) is 17.1 Å². The highest BCUT2D eigenvalue weighted by atomic mass is 16.5. The van der Waals surface area contributed by atoms with Crippen LogP contribution in [0.1, 0.15) is 35.6 Å². The molecule has 1 aromatic heterocycles. The van der Waals surface area contributed by atoms with Gasteiger partial charge in [-0.05, 0) is 42.7 Å². The van der Waals surface area contributed by atoms with E-state index in [1.165, 1.54) is 14.2 Å². The molecule has 0 aliphatic heterocycles. The first-order chi connectivity index (χ1) is 14.8. The molecule has 0 unspecified atom stereocenters. The van der Waals surface area contributed by atoms with Crippen molar-refractivity contribution < 1.29 is 23.8 Å². The predicted molar refractivity (Wildman–Crippen MR) is 116 cm³/mol. The zero-order chi connectivity index (χ0) is 22.5. The monoisotopic (exact) mass is 425 g/mol. The second kappa shape index (κ2) is 9.51. The number of H-pyrrole nitrogens is 1. The van der Waals surface area contributed by atoms with Crippen LogP contribution in [0.5, 0.6) is 11.5 Å². The van der Waals surface area contributed by atoms with Crippen molar-refractivity contribution in [1.29, 1.82) is 0 Å². The summed E-state index contributed by atoms with van der Waals surface area (Å²) in [6, 6.07) is 9.67. The number of hydrogen-bond acceptors (Lipinski definition) is 6. The molecule has 164 valence electrons. The summed E-state index contributed by atoms with van der Waals surface area (Å²) in [6.07, 6.45) is 0. The van der Waals surface area contributed by atoms with Crippen molar-refractivity contribution in [2.75, 3.05) is 14.2 Å². The lowest BCUT2D eigenvalue weighted by molar-refractivity contribution is -0.148. The van der Waals surface area contributed by atoms with Crippen molar-refractivity contribution in [3.05, 3.63) is 53.3 Å². The minimum atomic E-state index is -0.803. The van der Waals surface area contributed by atoms with Gasteiger partial charge in [-0.3, -0.25) is 4.79 Å². The van der Waals surface area contributed by atoms with E-state index in [1.807, 2.05) is 39.0 Å². The topological polar surface area (TPSA) is 103 Å². The number of carbonyl (C=O) groups is 2. The molecule has 8 heteroatoms. The number of amides is 1. The molecule has 0 spiro atoms. The van der Waals surface area contributed by atoms with E-state index in [0.717, 1.165) is 22.4 Å². The molecular formula is C23H27N3O5. The average Bonchev–Trinajstić information content (AvgIpc) is 3.14. The van der Waals surface area contributed by atoms with Crippen molar-refractivity contribution in [3.8, 4) is 11.5 Å². The van der Waals surface area contributed by atoms with E-state index in [1.54, 1.807) is 18.2 Å². The SMILES string of the molecule is COc1cc(OC)cc(C(=O)N[C@H](C(=O)OCc2ccc3nc(C)[nH]c3c2)C(C)C)c1. The molecule has 1 amide bonds. The number of benzene rings is 2. The number of hydrogen-bond donors (Lipinski definition) is 2. The quantitative estimate of drug-likeness (QED) is 0.537. The summed E-state index contributed by atoms with van der Waals surface area (Å²) >= 11 is 0. The number of methoxy groups -OCH3 is 2. The first kappa shape index (κ1) is 22.1. The molecule has 0 saturated carbocycles. The lowest BCUT2D eigenvalue weighted by Gasteiger charge is -2.21. The Hall–Kier alpha value is -3.55. The van der Waals surface area contributed by atoms with E-state index >= 15 is 0 Å². The number of aromatic nitrogens is 2. The molecule has 0 aliphatic rings. The van der Waals surface area contributed by atoms with Crippen LogP contribution >= 0.6 is 0 Å². The Morgan fingerprint density at radius 1 is 1.06 bits per heavy atom. The first-order valence-electron chi connectivity index (χ1n) is 9.96. The van der Waals surface area contributed by atoms with Gasteiger partial charge in [-0.25, -0.2) is 9.78 Å². The van der Waals surface area contributed by atoms with Crippen LogP contribution in [0, 0.1) is 12.8 Å². The Balaban J connectivity index is 1.69. The van der Waals surface area contributed by atoms with E-state index in [4.69, 9.17) is 14.2 Å². The Morgan fingerprint density at radius 3 is 2.35 bits per heavy atom. The molecule has 0 bridgehead atoms. The summed E-state index contributed by atoms with van der Waals surface area (Å²) in [4.78, 5) is 33.0. The lowest BCUT2D eigenvalue weighted by Crippen LogP contribution is -2.45. The zero-order valence-electron chi connectivity index (χ0n) is 18.3. The fourth-order valence-corrected chi connectivity index (χ4v) is 3.18. The second-order valence-corrected chi connectivity index (χ2v) is 7.58. The van der Waals surface area contributed by atoms with Crippen LogP contribution in [0.3, 0.4) is 0 Å². The number of ether oxygens (including phenoxy) is 3. The van der Waals surface area contributed by atoms with Gasteiger partial charge in [0.2, 0.25) is 0 Å². The largest absolute Gasteiger partial charge is 0.497 e. The zero-order valence-corrected chi connectivity index (χ0v) is 18.3. The van der Waals surface area contributed by atoms with Crippen molar-refractivity contribution in [3.63, 3.8) is 0 Å². The van der Waals surface area contributed by atoms with Crippen molar-refractivity contribution in [2.45, 2.75) is 33.4 Å². The molecule has 2 aromatic carbocycles. The normalized spacial score (nSPS) is 11.9. The molecule has 0 fully saturated rings. The highest BCUT2D eigenvalue weighted by Crippen LogP contribution is 2.23. The van der Waals surface area contributed by atoms with Crippen molar-refractivity contribution in [2.24, 2.45) is 5.92 Å². The Kier molecular flexibility index (Phi) is 6.79. The molecule has 0 radical (unpaired) electrons. The summed E-state index contributed by atoms with van der Waals surface area (Å²) in [5.74, 6) is 0.708. The van der Waals surface area contributed by atoms with Crippen LogP contribution in [0.2, 0.25) is 0 Å². The maximum absolute atomic E-state index is 12.8. The van der Waals surface area contributed by atoms with Gasteiger partial charge in [0.05, 0.1) is 25.3 Å². The maximum Gasteiger partial charge on any atom is 0.329 e. The third kappa shape index (κ3) is 5.33. The van der Waals surface area contributed by atoms with Crippen LogP contribution in [0.25, 0.3) is 11.0 Å². The van der Waals surface area contributed by atoms with E-state index in [9.17, 15) is 9.59 Å². The Morgan fingerprint density at radius 2 is 1.74 bits per heavy atom. The van der Waals surface area contributed by atoms with Gasteiger partial charge in [-0.1, -0.05) is 19.9 Å². The minimum Gasteiger partial charge on any atom is -0.497 e. The van der Waals surface area contributed by atoms with Gasteiger partial charge in [-0.2, -0.15) is 0 Å². The highest BCUT2D eigenvalue weighted by Gasteiger charge is 2.26. The van der Waals surface area contributed by atoms with Crippen LogP contribution in [-0.4, -0.2) is 42.1 Å². The molecule has 2 N–H and O–H groups in total. The number of carbonyl (C=O) groups excluding carboxylic acids is 2. The first-order valence-corrected chi connectivity index (χ1v) is 9.96. The number of imidazole rings is 1. The average molecular weight is 425 g/mol. The molecule has 3 aromatic rings. The summed E-state index contributed by atoms with van der Waals surface area (Å²) in [6.45, 7) is 5.67. The maximum atomic E-state index is 12.8. The molecule has 8 nitrogen and oxygen atoms in total. The van der Waals surface area contributed by atoms with E-state index < -0.39 is 17.9 Å². The standard InChI is InChI=1S/C23H27N3O5/c1-13(2)21(26-22(27)16-9-17(29-4)11-18(10-16)30-5)23(28)31-12-15-6-7-19-20(8-15)25-14(3)24-19/h6-11,13,21H,12H2,1-5H3,(H,24,25)(H,26,27)/t21-/m0/s1. The summed E-state index contributed by atoms with van der Waals surface area (Å²) in [5.41, 5.74) is 2.89. The third-order valence-electron chi connectivity index (χ3n) is 4.87. The summed E-state index contributed by atoms with van der Waals surface area (Å²) < 4.78 is 15.9. The second-order valence-electron chi connectivity index (χ2n) is 7.58. The van der Waals surface area contributed by atoms with Crippen LogP contribution in [0.15, 0.2) is 36.4 Å². The lowest BCUT2D eigenvalue weighted by atomic mass is 10.0. The van der Waals surface area contributed by atoms with E-state index in [-0.39, 0.29) is 12.5 Å². The molecule has 1 heterocycles. The smallest absolute Gasteiger partial charge is 0.329 e. The van der Waals surface area contributed by atoms with Crippen molar-refractivity contribution >= 4 is 22.9 Å². The number of nitrogens with zero attached hydrogens (tertiary/aromatic N) is 1. The number of esters is 1. The van der Waals surface area contributed by atoms with Gasteiger partial charge in [-0.15, -0.1) is 0 Å². The number of aromatic amines is 1. The van der Waals surface area contributed by atoms with Crippen molar-refractivity contribution in [1.82, 2.24) is 15.3 Å². The molecule has 0 saturated heterocycles. The highest BCUT2D eigenvalue weighted by molar-refractivity contribution is 5.97. The summed E-state index contributed by atoms with van der Waals surface area (Å²) in [7, 11) is 3.01. The molecule has 31 heavy (non-hydrogen) atoms. The number of nitrogens with one attached hydrogen (secondary N) is 2. The number of fused-ring (bicyclic) bond motifs is 1. The van der Waals surface area contributed by atoms with Crippen LogP contribution in [-0.2, 0) is 16.1 Å². The van der Waals surface area contributed by atoms with Gasteiger partial charge in [0, 0.05) is 11.6 Å². The van der Waals surface area contributed by atoms with Gasteiger partial charge in [0.1, 0.15) is 30.0 Å². The van der Waals surface area contributed by atoms with Gasteiger partial charge in [0.15, 0.2) is 0 Å². The minimum absolute atomic E-state index is 0.0961. The fraction of sp³-hybridized carbons (Fsp3) is 0.348. The summed E-state index contributed by atoms with van der Waals surface area (Å²) in [5, 5.41) is 2.76. The number of rotatable bonds is 8. The Labute approximate surface area is 180 Å². The molecule has 1 atom stereocenters. The number of aryl methyl sites for hydroxylation is 1. The van der Waals surface area contributed by atoms with Gasteiger partial charge < -0.3 is 24.5 Å². The van der Waals surface area contributed by atoms with Gasteiger partial charge in [0.25, 0.3) is 5.91 Å². The predicted octanol–water partition coefficient (Wildman–Crippen LogP) is 3.39.